The quantitative estimate of drug-likeness (QED) is 0.0461. The van der Waals surface area contributed by atoms with E-state index in [-0.39, 0.29) is 0 Å². The number of rotatable bonds is 34. The summed E-state index contributed by atoms with van der Waals surface area (Å²) in [6.07, 6.45) is 10.0. The second kappa shape index (κ2) is 30.2. The minimum Gasteiger partial charge on any atom is -0.390 e. The summed E-state index contributed by atoms with van der Waals surface area (Å²) in [4.78, 5) is 0. The van der Waals surface area contributed by atoms with Crippen molar-refractivity contribution in [3.63, 3.8) is 0 Å². The number of hydrogen-bond acceptors (Lipinski definition) is 11. The Hall–Kier alpha value is -0.440. The van der Waals surface area contributed by atoms with Gasteiger partial charge in [0.1, 0.15) is 0 Å². The standard InChI is InChI=1S/C37H86N10O/c1-5-29(17-40)9-33(21-44)13-35(11-31(19-42)7-27(3)15-38)23-46-25-37(48)26-47-24-36(12-32(20-43)8-28(4)16-39)14-34(22-45)10-30(6-2)18-41/h27-37,46-48H,5-26,38-45H2,1-4H3. The van der Waals surface area contributed by atoms with Crippen LogP contribution in [0.15, 0.2) is 0 Å². The van der Waals surface area contributed by atoms with Crippen molar-refractivity contribution >= 4 is 0 Å². The summed E-state index contributed by atoms with van der Waals surface area (Å²) in [5.41, 5.74) is 49.0. The van der Waals surface area contributed by atoms with Crippen LogP contribution < -0.4 is 56.5 Å². The molecule has 0 aromatic carbocycles. The largest absolute Gasteiger partial charge is 0.390 e. The lowest BCUT2D eigenvalue weighted by atomic mass is 9.80. The monoisotopic (exact) mass is 687 g/mol. The van der Waals surface area contributed by atoms with E-state index < -0.39 is 6.10 Å². The first-order valence-corrected chi connectivity index (χ1v) is 19.8. The van der Waals surface area contributed by atoms with Gasteiger partial charge in [0.25, 0.3) is 0 Å². The summed E-state index contributed by atoms with van der Waals surface area (Å²) in [5.74, 6) is 4.47. The molecule has 0 aromatic rings. The molecule has 0 aliphatic heterocycles. The highest BCUT2D eigenvalue weighted by Crippen LogP contribution is 2.29. The number of aliphatic hydroxyl groups is 1. The Morgan fingerprint density at radius 1 is 0.375 bits per heavy atom. The van der Waals surface area contributed by atoms with Gasteiger partial charge in [-0.15, -0.1) is 0 Å². The fourth-order valence-electron chi connectivity index (χ4n) is 7.68. The van der Waals surface area contributed by atoms with E-state index in [0.29, 0.717) is 125 Å². The molecule has 11 nitrogen and oxygen atoms in total. The van der Waals surface area contributed by atoms with E-state index in [2.05, 4.69) is 38.3 Å². The van der Waals surface area contributed by atoms with Crippen LogP contribution in [0.25, 0.3) is 0 Å². The van der Waals surface area contributed by atoms with Gasteiger partial charge in [0.15, 0.2) is 0 Å². The second-order valence-electron chi connectivity index (χ2n) is 15.7. The predicted octanol–water partition coefficient (Wildman–Crippen LogP) is 1.34. The Morgan fingerprint density at radius 2 is 0.646 bits per heavy atom. The van der Waals surface area contributed by atoms with Crippen molar-refractivity contribution in [2.24, 2.45) is 105 Å². The van der Waals surface area contributed by atoms with E-state index in [4.69, 9.17) is 45.9 Å². The topological polar surface area (TPSA) is 252 Å². The van der Waals surface area contributed by atoms with Gasteiger partial charge in [-0.25, -0.2) is 0 Å². The summed E-state index contributed by atoms with van der Waals surface area (Å²) in [7, 11) is 0. The highest BCUT2D eigenvalue weighted by atomic mass is 16.3. The van der Waals surface area contributed by atoms with Gasteiger partial charge in [-0.1, -0.05) is 40.5 Å². The maximum absolute atomic E-state index is 11.0. The normalized spacial score (nSPS) is 19.2. The van der Waals surface area contributed by atoms with Gasteiger partial charge in [-0.05, 0) is 176 Å². The van der Waals surface area contributed by atoms with Crippen LogP contribution in [0.3, 0.4) is 0 Å². The lowest BCUT2D eigenvalue weighted by Gasteiger charge is -2.30. The molecule has 0 rings (SSSR count). The molecule has 0 fully saturated rings. The van der Waals surface area contributed by atoms with Crippen LogP contribution >= 0.6 is 0 Å². The Labute approximate surface area is 296 Å². The molecule has 0 aliphatic carbocycles. The van der Waals surface area contributed by atoms with Gasteiger partial charge in [-0.2, -0.15) is 0 Å². The Bertz CT molecular complexity index is 643. The number of aliphatic hydroxyl groups excluding tert-OH is 1. The first-order chi connectivity index (χ1) is 23.1. The van der Waals surface area contributed by atoms with Crippen LogP contribution in [0.5, 0.6) is 0 Å². The fourth-order valence-corrected chi connectivity index (χ4v) is 7.68. The van der Waals surface area contributed by atoms with Crippen molar-refractivity contribution in [1.82, 2.24) is 10.6 Å². The molecule has 48 heavy (non-hydrogen) atoms. The van der Waals surface area contributed by atoms with Gasteiger partial charge in [0.05, 0.1) is 6.10 Å². The van der Waals surface area contributed by atoms with Crippen LogP contribution in [0, 0.1) is 59.2 Å². The van der Waals surface area contributed by atoms with Gasteiger partial charge in [0, 0.05) is 13.1 Å². The number of nitrogens with two attached hydrogens (primary N) is 8. The van der Waals surface area contributed by atoms with Crippen LogP contribution in [0.4, 0.5) is 0 Å². The molecule has 0 aliphatic rings. The van der Waals surface area contributed by atoms with Crippen molar-refractivity contribution in [3.05, 3.63) is 0 Å². The van der Waals surface area contributed by atoms with Gasteiger partial charge >= 0.3 is 0 Å². The van der Waals surface area contributed by atoms with E-state index in [1.807, 2.05) is 0 Å². The Kier molecular flexibility index (Phi) is 29.9. The van der Waals surface area contributed by atoms with E-state index in [1.165, 1.54) is 0 Å². The summed E-state index contributed by atoms with van der Waals surface area (Å²) in [5, 5.41) is 18.2. The maximum Gasteiger partial charge on any atom is 0.0788 e. The molecule has 0 spiro atoms. The van der Waals surface area contributed by atoms with Crippen molar-refractivity contribution in [3.8, 4) is 0 Å². The van der Waals surface area contributed by atoms with E-state index in [9.17, 15) is 5.11 Å². The Morgan fingerprint density at radius 3 is 0.896 bits per heavy atom. The highest BCUT2D eigenvalue weighted by Gasteiger charge is 2.25. The summed E-state index contributed by atoms with van der Waals surface area (Å²) in [6, 6.07) is 0. The first kappa shape index (κ1) is 47.6. The fraction of sp³-hybridized carbons (Fsp3) is 1.00. The third-order valence-electron chi connectivity index (χ3n) is 11.1. The molecular weight excluding hydrogens is 600 g/mol. The minimum absolute atomic E-state index is 0.425. The molecule has 0 amide bonds. The zero-order valence-corrected chi connectivity index (χ0v) is 32.0. The van der Waals surface area contributed by atoms with Crippen LogP contribution in [-0.4, -0.2) is 89.7 Å². The van der Waals surface area contributed by atoms with E-state index in [1.54, 1.807) is 0 Å². The van der Waals surface area contributed by atoms with Crippen molar-refractivity contribution in [2.45, 2.75) is 98.0 Å². The van der Waals surface area contributed by atoms with E-state index in [0.717, 1.165) is 77.3 Å². The molecule has 0 bridgehead atoms. The summed E-state index contributed by atoms with van der Waals surface area (Å²) >= 11 is 0. The smallest absolute Gasteiger partial charge is 0.0788 e. The molecule has 19 N–H and O–H groups in total. The maximum atomic E-state index is 11.0. The van der Waals surface area contributed by atoms with Crippen molar-refractivity contribution in [1.29, 1.82) is 0 Å². The first-order valence-electron chi connectivity index (χ1n) is 19.8. The summed E-state index contributed by atoms with van der Waals surface area (Å²) in [6.45, 7) is 17.0. The average molecular weight is 687 g/mol. The summed E-state index contributed by atoms with van der Waals surface area (Å²) < 4.78 is 0. The van der Waals surface area contributed by atoms with E-state index >= 15 is 0 Å². The molecule has 0 radical (unpaired) electrons. The molecule has 10 atom stereocenters. The van der Waals surface area contributed by atoms with Crippen molar-refractivity contribution in [2.75, 3.05) is 78.5 Å². The molecule has 0 aromatic heterocycles. The van der Waals surface area contributed by atoms with Crippen LogP contribution in [0.2, 0.25) is 0 Å². The SMILES string of the molecule is CCC(CN)CC(CN)CC(CNCC(O)CNCC(CC(CN)CC(C)CN)CC(CN)CC(CC)CN)CC(CN)CC(C)CN. The highest BCUT2D eigenvalue weighted by molar-refractivity contribution is 4.80. The molecular formula is C37H86N10O. The predicted molar refractivity (Wildman–Crippen MR) is 208 cm³/mol. The minimum atomic E-state index is -0.490. The third-order valence-corrected chi connectivity index (χ3v) is 11.1. The zero-order chi connectivity index (χ0) is 36.3. The molecule has 0 saturated heterocycles. The number of nitrogens with one attached hydrogen (secondary N) is 2. The zero-order valence-electron chi connectivity index (χ0n) is 32.0. The molecule has 0 saturated carbocycles. The molecule has 10 unspecified atom stereocenters. The Balaban J connectivity index is 5.33. The van der Waals surface area contributed by atoms with Crippen LogP contribution in [-0.2, 0) is 0 Å². The van der Waals surface area contributed by atoms with Gasteiger partial charge in [-0.3, -0.25) is 0 Å². The van der Waals surface area contributed by atoms with Gasteiger partial charge in [0.2, 0.25) is 0 Å². The molecule has 11 heteroatoms. The third kappa shape index (κ3) is 22.4. The number of hydrogen-bond donors (Lipinski definition) is 11. The molecule has 0 heterocycles. The van der Waals surface area contributed by atoms with Crippen LogP contribution in [0.1, 0.15) is 91.9 Å². The average Bonchev–Trinajstić information content (AvgIpc) is 3.10. The lowest BCUT2D eigenvalue weighted by molar-refractivity contribution is 0.158. The second-order valence-corrected chi connectivity index (χ2v) is 15.7. The lowest BCUT2D eigenvalue weighted by Crippen LogP contribution is -2.40. The molecule has 290 valence electrons. The van der Waals surface area contributed by atoms with Gasteiger partial charge < -0.3 is 61.6 Å². The van der Waals surface area contributed by atoms with Crippen molar-refractivity contribution < 1.29 is 5.11 Å².